The summed E-state index contributed by atoms with van der Waals surface area (Å²) in [7, 11) is 0. The Morgan fingerprint density at radius 1 is 0.354 bits per heavy atom. The molecular formula is C82H106N4O10. The lowest BCUT2D eigenvalue weighted by atomic mass is 9.78. The van der Waals surface area contributed by atoms with Crippen LogP contribution >= 0.6 is 0 Å². The quantitative estimate of drug-likeness (QED) is 0.0156. The zero-order valence-corrected chi connectivity index (χ0v) is 57.3. The zero-order valence-electron chi connectivity index (χ0n) is 57.3. The van der Waals surface area contributed by atoms with E-state index in [-0.39, 0.29) is 81.2 Å². The number of nitrogens with one attached hydrogen (secondary N) is 4. The molecule has 0 aliphatic heterocycles. The summed E-state index contributed by atoms with van der Waals surface area (Å²) in [4.78, 5) is 78.3. The summed E-state index contributed by atoms with van der Waals surface area (Å²) >= 11 is 0. The number of phenolic OH excluding ortho intramolecular Hbond substituents is 2. The van der Waals surface area contributed by atoms with E-state index in [4.69, 9.17) is 9.47 Å². The van der Waals surface area contributed by atoms with E-state index in [1.807, 2.05) is 48.5 Å². The maximum Gasteiger partial charge on any atom is 0.407 e. The Bertz CT molecular complexity index is 3220. The Morgan fingerprint density at radius 3 is 0.969 bits per heavy atom. The highest BCUT2D eigenvalue weighted by Gasteiger charge is 2.36. The van der Waals surface area contributed by atoms with Crippen LogP contribution < -0.4 is 21.3 Å². The number of hydrogen-bond acceptors (Lipinski definition) is 12. The number of ether oxygens (including phenoxy) is 2. The van der Waals surface area contributed by atoms with Crippen LogP contribution in [0.15, 0.2) is 121 Å². The average molecular weight is 1310 g/mol. The minimum Gasteiger partial charge on any atom is -0.507 e. The zero-order chi connectivity index (χ0) is 67.7. The third-order valence-electron chi connectivity index (χ3n) is 19.4. The molecule has 2 unspecified atom stereocenters. The summed E-state index contributed by atoms with van der Waals surface area (Å²) in [6, 6.07) is 34.6. The van der Waals surface area contributed by atoms with Crippen LogP contribution in [0.3, 0.4) is 0 Å². The van der Waals surface area contributed by atoms with Crippen molar-refractivity contribution in [3.05, 3.63) is 177 Å². The highest BCUT2D eigenvalue weighted by Crippen LogP contribution is 2.41. The molecule has 96 heavy (non-hydrogen) atoms. The van der Waals surface area contributed by atoms with E-state index in [2.05, 4.69) is 35.1 Å². The molecule has 0 radical (unpaired) electrons. The minimum absolute atomic E-state index is 0.0100. The smallest absolute Gasteiger partial charge is 0.407 e. The lowest BCUT2D eigenvalue weighted by Gasteiger charge is -2.28. The number of phenols is 2. The average Bonchev–Trinajstić information content (AvgIpc) is 0.757. The molecule has 514 valence electrons. The van der Waals surface area contributed by atoms with E-state index >= 15 is 0 Å². The fourth-order valence-electron chi connectivity index (χ4n) is 13.9. The number of carbonyl (C=O) groups excluding carboxylic acids is 6. The van der Waals surface area contributed by atoms with E-state index < -0.39 is 12.2 Å². The Kier molecular flexibility index (Phi) is 30.9. The van der Waals surface area contributed by atoms with Crippen LogP contribution in [-0.2, 0) is 22.3 Å². The SMILES string of the molecule is CCCCCCC(CCCCCCCCCCCNC(=O)OCCc1ccc(Nc2ccc(O)c3c2C(=O)c2ccccc2C3=O)cc1)C(CCCCCC)CCCCCCCCCCCNC(=O)OCCc1ccc(Nc2ccc(O)c3c2C(=O)c2ccccc2C3=O)cc1. The second kappa shape index (κ2) is 40.3. The fraction of sp³-hybridized carbons (Fsp3) is 0.488. The molecule has 0 aromatic heterocycles. The highest BCUT2D eigenvalue weighted by atomic mass is 16.6. The van der Waals surface area contributed by atoms with Gasteiger partial charge in [0.2, 0.25) is 0 Å². The van der Waals surface area contributed by atoms with Crippen molar-refractivity contribution in [1.82, 2.24) is 10.6 Å². The Morgan fingerprint density at radius 2 is 0.646 bits per heavy atom. The van der Waals surface area contributed by atoms with Crippen LogP contribution in [0.25, 0.3) is 0 Å². The van der Waals surface area contributed by atoms with Gasteiger partial charge in [-0.1, -0.05) is 266 Å². The lowest BCUT2D eigenvalue weighted by Crippen LogP contribution is -2.26. The van der Waals surface area contributed by atoms with E-state index in [0.717, 1.165) is 48.6 Å². The normalized spacial score (nSPS) is 12.9. The van der Waals surface area contributed by atoms with E-state index in [0.29, 0.717) is 59.8 Å². The van der Waals surface area contributed by atoms with Gasteiger partial charge in [0.1, 0.15) is 11.5 Å². The van der Waals surface area contributed by atoms with Crippen molar-refractivity contribution in [2.75, 3.05) is 36.9 Å². The van der Waals surface area contributed by atoms with Gasteiger partial charge in [-0.25, -0.2) is 9.59 Å². The molecular weight excluding hydrogens is 1200 g/mol. The summed E-state index contributed by atoms with van der Waals surface area (Å²) in [5.74, 6) is -0.0954. The van der Waals surface area contributed by atoms with Crippen molar-refractivity contribution < 1.29 is 48.5 Å². The number of ketones is 4. The van der Waals surface area contributed by atoms with Gasteiger partial charge in [-0.2, -0.15) is 0 Å². The second-order valence-electron chi connectivity index (χ2n) is 26.6. The first-order chi connectivity index (χ1) is 46.9. The number of aromatic hydroxyl groups is 2. The van der Waals surface area contributed by atoms with E-state index in [1.54, 1.807) is 60.7 Å². The number of unbranched alkanes of at least 4 members (excludes halogenated alkanes) is 22. The molecule has 14 heteroatoms. The standard InChI is InChI=1S/C82H106N4O10/c1-3-5-7-23-33-61(35-25-19-15-11-9-13-17-21-31-55-83-81(93)95-57-53-59-41-45-63(46-42-59)85-69-49-51-71(87)75-73(69)77(89)65-37-27-29-39-67(65)79(75)91)62(34-24-8-6-4-2)36-26-20-16-12-10-14-18-22-32-56-84-82(94)96-58-54-60-43-47-64(48-44-60)86-70-50-52-72(88)76-74(70)78(90)66-38-28-30-40-68(66)80(76)92/h27-30,37-52,61-62,85-88H,3-26,31-36,53-58H2,1-2H3,(H,83,93)(H,84,94). The molecule has 0 spiro atoms. The molecule has 6 aromatic rings. The third-order valence-corrected chi connectivity index (χ3v) is 19.4. The number of amides is 2. The minimum atomic E-state index is -0.395. The number of anilines is 4. The molecule has 2 atom stereocenters. The van der Waals surface area contributed by atoms with Crippen molar-refractivity contribution in [2.45, 2.75) is 219 Å². The molecule has 0 bridgehead atoms. The molecule has 14 nitrogen and oxygen atoms in total. The first-order valence-corrected chi connectivity index (χ1v) is 36.6. The van der Waals surface area contributed by atoms with Gasteiger partial charge in [0, 0.05) is 59.6 Å². The van der Waals surface area contributed by atoms with Crippen LogP contribution in [0.1, 0.15) is 281 Å². The molecule has 8 rings (SSSR count). The van der Waals surface area contributed by atoms with Gasteiger partial charge in [0.15, 0.2) is 23.1 Å². The highest BCUT2D eigenvalue weighted by molar-refractivity contribution is 6.32. The molecule has 6 aromatic carbocycles. The first kappa shape index (κ1) is 73.5. The topological polar surface area (TPSA) is 209 Å². The summed E-state index contributed by atoms with van der Waals surface area (Å²) < 4.78 is 11.0. The van der Waals surface area contributed by atoms with Gasteiger partial charge >= 0.3 is 12.2 Å². The van der Waals surface area contributed by atoms with Crippen molar-refractivity contribution in [3.8, 4) is 11.5 Å². The maximum atomic E-state index is 13.5. The van der Waals surface area contributed by atoms with Crippen molar-refractivity contribution in [2.24, 2.45) is 11.8 Å². The first-order valence-electron chi connectivity index (χ1n) is 36.6. The van der Waals surface area contributed by atoms with Gasteiger partial charge < -0.3 is 41.0 Å². The molecule has 2 aliphatic rings. The maximum absolute atomic E-state index is 13.5. The predicted octanol–water partition coefficient (Wildman–Crippen LogP) is 20.3. The number of fused-ring (bicyclic) bond motifs is 4. The number of carbonyl (C=O) groups is 6. The molecule has 2 aliphatic carbocycles. The van der Waals surface area contributed by atoms with Gasteiger partial charge in [-0.3, -0.25) is 19.2 Å². The molecule has 2 amide bonds. The van der Waals surface area contributed by atoms with Crippen LogP contribution in [0, 0.1) is 11.8 Å². The monoisotopic (exact) mass is 1310 g/mol. The Hall–Kier alpha value is -8.26. The summed E-state index contributed by atoms with van der Waals surface area (Å²) in [6.07, 6.45) is 38.9. The fourth-order valence-corrected chi connectivity index (χ4v) is 13.9. The molecule has 0 saturated carbocycles. The van der Waals surface area contributed by atoms with Crippen LogP contribution in [-0.4, -0.2) is 71.8 Å². The van der Waals surface area contributed by atoms with Crippen molar-refractivity contribution in [1.29, 1.82) is 0 Å². The third kappa shape index (κ3) is 22.4. The van der Waals surface area contributed by atoms with Crippen LogP contribution in [0.4, 0.5) is 32.3 Å². The van der Waals surface area contributed by atoms with E-state index in [1.165, 1.54) is 179 Å². The Balaban J connectivity index is 0.614. The molecule has 0 heterocycles. The summed E-state index contributed by atoms with van der Waals surface area (Å²) in [5, 5.41) is 33.4. The number of hydrogen-bond donors (Lipinski definition) is 6. The summed E-state index contributed by atoms with van der Waals surface area (Å²) in [5.41, 5.74) is 5.84. The molecule has 0 saturated heterocycles. The van der Waals surface area contributed by atoms with Crippen LogP contribution in [0.5, 0.6) is 11.5 Å². The summed E-state index contributed by atoms with van der Waals surface area (Å²) in [6.45, 7) is 6.37. The lowest BCUT2D eigenvalue weighted by molar-refractivity contribution is 0.0977. The largest absolute Gasteiger partial charge is 0.507 e. The molecule has 6 N–H and O–H groups in total. The Labute approximate surface area is 570 Å². The van der Waals surface area contributed by atoms with Gasteiger partial charge in [0.25, 0.3) is 0 Å². The van der Waals surface area contributed by atoms with Crippen LogP contribution in [0.2, 0.25) is 0 Å². The molecule has 0 fully saturated rings. The number of alkyl carbamates (subject to hydrolysis) is 2. The number of benzene rings is 6. The van der Waals surface area contributed by atoms with Gasteiger partial charge in [-0.15, -0.1) is 0 Å². The van der Waals surface area contributed by atoms with Gasteiger partial charge in [-0.05, 0) is 84.3 Å². The number of rotatable bonds is 45. The van der Waals surface area contributed by atoms with E-state index in [9.17, 15) is 39.0 Å². The predicted molar refractivity (Wildman–Crippen MR) is 385 cm³/mol. The van der Waals surface area contributed by atoms with Gasteiger partial charge in [0.05, 0.1) is 46.8 Å². The van der Waals surface area contributed by atoms with Crippen molar-refractivity contribution in [3.63, 3.8) is 0 Å². The second-order valence-corrected chi connectivity index (χ2v) is 26.6. The van der Waals surface area contributed by atoms with Crippen molar-refractivity contribution >= 4 is 58.1 Å².